The Balaban J connectivity index is 1.83. The third-order valence-corrected chi connectivity index (χ3v) is 5.27. The molecule has 1 atom stereocenters. The van der Waals surface area contributed by atoms with E-state index in [1.807, 2.05) is 43.0 Å². The monoisotopic (exact) mass is 352 g/mol. The van der Waals surface area contributed by atoms with Gasteiger partial charge in [0.05, 0.1) is 5.69 Å². The third kappa shape index (κ3) is 3.63. The van der Waals surface area contributed by atoms with Crippen LogP contribution >= 0.6 is 0 Å². The summed E-state index contributed by atoms with van der Waals surface area (Å²) < 4.78 is 0. The molecule has 0 radical (unpaired) electrons. The molecule has 0 spiro atoms. The Bertz CT molecular complexity index is 798. The van der Waals surface area contributed by atoms with Crippen LogP contribution in [0.3, 0.4) is 0 Å². The maximum atomic E-state index is 12.8. The van der Waals surface area contributed by atoms with Crippen LogP contribution < -0.4 is 0 Å². The minimum atomic E-state index is 0.117. The summed E-state index contributed by atoms with van der Waals surface area (Å²) in [7, 11) is 4.15. The number of likely N-dealkylation sites (N-methyl/N-ethyl adjacent to an activating group) is 1. The molecule has 0 unspecified atom stereocenters. The molecule has 5 nitrogen and oxygen atoms in total. The van der Waals surface area contributed by atoms with Gasteiger partial charge in [-0.3, -0.25) is 4.79 Å². The Morgan fingerprint density at radius 2 is 1.88 bits per heavy atom. The first-order valence-electron chi connectivity index (χ1n) is 9.31. The highest BCUT2D eigenvalue weighted by Crippen LogP contribution is 2.25. The highest BCUT2D eigenvalue weighted by atomic mass is 16.2. The van der Waals surface area contributed by atoms with Crippen molar-refractivity contribution in [3.8, 4) is 11.3 Å². The number of rotatable bonds is 4. The molecule has 2 aromatic rings. The lowest BCUT2D eigenvalue weighted by Crippen LogP contribution is -2.34. The van der Waals surface area contributed by atoms with Gasteiger partial charge in [-0.25, -0.2) is 9.97 Å². The Labute approximate surface area is 156 Å². The van der Waals surface area contributed by atoms with Gasteiger partial charge in [-0.05, 0) is 58.5 Å². The second kappa shape index (κ2) is 7.54. The van der Waals surface area contributed by atoms with E-state index in [0.717, 1.165) is 54.3 Å². The van der Waals surface area contributed by atoms with Crippen LogP contribution in [0.2, 0.25) is 0 Å². The van der Waals surface area contributed by atoms with Crippen molar-refractivity contribution in [2.24, 2.45) is 0 Å². The van der Waals surface area contributed by atoms with E-state index in [4.69, 9.17) is 0 Å². The zero-order chi connectivity index (χ0) is 18.8. The zero-order valence-corrected chi connectivity index (χ0v) is 16.4. The Morgan fingerprint density at radius 3 is 2.46 bits per heavy atom. The molecular weight excluding hydrogens is 324 g/mol. The standard InChI is InChI=1S/C21H28N4O/c1-6-19-14(2)22-15(3)23-20(19)16-7-9-17(10-8-16)21(26)25-12-11-18(13-25)24(4)5/h7-10,18H,6,11-13H2,1-5H3/t18-/m0/s1. The zero-order valence-electron chi connectivity index (χ0n) is 16.4. The Hall–Kier alpha value is -2.27. The van der Waals surface area contributed by atoms with E-state index >= 15 is 0 Å². The summed E-state index contributed by atoms with van der Waals surface area (Å²) in [6.07, 6.45) is 1.93. The van der Waals surface area contributed by atoms with Gasteiger partial charge in [0.2, 0.25) is 0 Å². The van der Waals surface area contributed by atoms with Crippen LogP contribution in [-0.2, 0) is 6.42 Å². The van der Waals surface area contributed by atoms with Crippen LogP contribution in [0.15, 0.2) is 24.3 Å². The molecule has 0 aliphatic carbocycles. The molecule has 2 heterocycles. The predicted molar refractivity (Wildman–Crippen MR) is 104 cm³/mol. The fourth-order valence-corrected chi connectivity index (χ4v) is 3.70. The van der Waals surface area contributed by atoms with Gasteiger partial charge in [0, 0.05) is 36.0 Å². The number of carbonyl (C=O) groups is 1. The number of aryl methyl sites for hydroxylation is 2. The van der Waals surface area contributed by atoms with Gasteiger partial charge >= 0.3 is 0 Å². The first-order valence-corrected chi connectivity index (χ1v) is 9.31. The number of carbonyl (C=O) groups excluding carboxylic acids is 1. The van der Waals surface area contributed by atoms with Crippen molar-refractivity contribution in [3.63, 3.8) is 0 Å². The van der Waals surface area contributed by atoms with Crippen LogP contribution in [0.4, 0.5) is 0 Å². The molecule has 0 bridgehead atoms. The number of benzene rings is 1. The molecule has 1 amide bonds. The summed E-state index contributed by atoms with van der Waals surface area (Å²) in [5, 5.41) is 0. The summed E-state index contributed by atoms with van der Waals surface area (Å²) in [6, 6.07) is 8.32. The summed E-state index contributed by atoms with van der Waals surface area (Å²) in [5.74, 6) is 0.897. The average Bonchev–Trinajstić information content (AvgIpc) is 3.11. The molecule has 0 saturated carbocycles. The molecule has 1 aromatic carbocycles. The largest absolute Gasteiger partial charge is 0.337 e. The molecule has 138 valence electrons. The minimum absolute atomic E-state index is 0.117. The maximum Gasteiger partial charge on any atom is 0.253 e. The summed E-state index contributed by atoms with van der Waals surface area (Å²) in [4.78, 5) is 26.0. The predicted octanol–water partition coefficient (Wildman–Crippen LogP) is 3.10. The lowest BCUT2D eigenvalue weighted by molar-refractivity contribution is 0.0783. The van der Waals surface area contributed by atoms with Crippen LogP contribution in [0.25, 0.3) is 11.3 Å². The van der Waals surface area contributed by atoms with Crippen molar-refractivity contribution >= 4 is 5.91 Å². The van der Waals surface area contributed by atoms with E-state index in [0.29, 0.717) is 6.04 Å². The molecule has 3 rings (SSSR count). The van der Waals surface area contributed by atoms with Gasteiger partial charge in [0.15, 0.2) is 0 Å². The molecule has 26 heavy (non-hydrogen) atoms. The summed E-state index contributed by atoms with van der Waals surface area (Å²) in [6.45, 7) is 7.70. The van der Waals surface area contributed by atoms with Gasteiger partial charge in [0.25, 0.3) is 5.91 Å². The van der Waals surface area contributed by atoms with E-state index < -0.39 is 0 Å². The molecule has 0 N–H and O–H groups in total. The third-order valence-electron chi connectivity index (χ3n) is 5.27. The number of hydrogen-bond donors (Lipinski definition) is 0. The van der Waals surface area contributed by atoms with E-state index in [1.165, 1.54) is 5.56 Å². The van der Waals surface area contributed by atoms with Crippen molar-refractivity contribution in [1.82, 2.24) is 19.8 Å². The van der Waals surface area contributed by atoms with E-state index in [1.54, 1.807) is 0 Å². The molecule has 1 aliphatic heterocycles. The van der Waals surface area contributed by atoms with Crippen molar-refractivity contribution in [3.05, 3.63) is 46.9 Å². The fourth-order valence-electron chi connectivity index (χ4n) is 3.70. The molecule has 1 aromatic heterocycles. The Morgan fingerprint density at radius 1 is 1.19 bits per heavy atom. The average molecular weight is 352 g/mol. The number of hydrogen-bond acceptors (Lipinski definition) is 4. The topological polar surface area (TPSA) is 49.3 Å². The van der Waals surface area contributed by atoms with Crippen molar-refractivity contribution in [1.29, 1.82) is 0 Å². The number of nitrogens with zero attached hydrogens (tertiary/aromatic N) is 4. The molecular formula is C21H28N4O. The molecule has 5 heteroatoms. The second-order valence-electron chi connectivity index (χ2n) is 7.27. The lowest BCUT2D eigenvalue weighted by Gasteiger charge is -2.20. The quantitative estimate of drug-likeness (QED) is 0.848. The van der Waals surface area contributed by atoms with E-state index in [2.05, 4.69) is 35.9 Å². The van der Waals surface area contributed by atoms with E-state index in [9.17, 15) is 4.79 Å². The van der Waals surface area contributed by atoms with Crippen LogP contribution in [0.1, 0.15) is 40.8 Å². The first-order chi connectivity index (χ1) is 12.4. The van der Waals surface area contributed by atoms with Crippen LogP contribution in [0, 0.1) is 13.8 Å². The van der Waals surface area contributed by atoms with Crippen LogP contribution in [0.5, 0.6) is 0 Å². The molecule has 1 fully saturated rings. The highest BCUT2D eigenvalue weighted by molar-refractivity contribution is 5.95. The highest BCUT2D eigenvalue weighted by Gasteiger charge is 2.28. The minimum Gasteiger partial charge on any atom is -0.337 e. The van der Waals surface area contributed by atoms with E-state index in [-0.39, 0.29) is 5.91 Å². The number of aromatic nitrogens is 2. The summed E-state index contributed by atoms with van der Waals surface area (Å²) >= 11 is 0. The molecule has 1 aliphatic rings. The fraction of sp³-hybridized carbons (Fsp3) is 0.476. The van der Waals surface area contributed by atoms with Gasteiger partial charge in [-0.15, -0.1) is 0 Å². The number of amides is 1. The molecule has 1 saturated heterocycles. The van der Waals surface area contributed by atoms with Crippen molar-refractivity contribution in [2.45, 2.75) is 39.7 Å². The second-order valence-corrected chi connectivity index (χ2v) is 7.27. The Kier molecular flexibility index (Phi) is 5.37. The normalized spacial score (nSPS) is 17.2. The van der Waals surface area contributed by atoms with Gasteiger partial charge in [0.1, 0.15) is 5.82 Å². The van der Waals surface area contributed by atoms with Gasteiger partial charge in [-0.1, -0.05) is 19.1 Å². The van der Waals surface area contributed by atoms with Crippen LogP contribution in [-0.4, -0.2) is 58.9 Å². The number of likely N-dealkylation sites (tertiary alicyclic amines) is 1. The van der Waals surface area contributed by atoms with Crippen molar-refractivity contribution < 1.29 is 4.79 Å². The van der Waals surface area contributed by atoms with Gasteiger partial charge < -0.3 is 9.80 Å². The lowest BCUT2D eigenvalue weighted by atomic mass is 10.0. The first kappa shape index (κ1) is 18.5. The smallest absolute Gasteiger partial charge is 0.253 e. The SMILES string of the molecule is CCc1c(C)nc(C)nc1-c1ccc(C(=O)N2CC[C@H](N(C)C)C2)cc1. The summed E-state index contributed by atoms with van der Waals surface area (Å²) in [5.41, 5.74) is 4.96. The van der Waals surface area contributed by atoms with Crippen molar-refractivity contribution in [2.75, 3.05) is 27.2 Å². The maximum absolute atomic E-state index is 12.8. The van der Waals surface area contributed by atoms with Gasteiger partial charge in [-0.2, -0.15) is 0 Å².